The summed E-state index contributed by atoms with van der Waals surface area (Å²) in [7, 11) is 1.22. The standard InChI is InChI=1S/C16H27N3O6S/c1-9(2)13(15(22)17-7-12(20)25-3)18-14(21)11-8-19(11)10(16(23)24)5-6-26-4/h9-11,13H,5-8H2,1-4H3,(H,17,22)(H,18,21)(H,23,24)/t10?,11?,13-,19?/m0/s1. The second kappa shape index (κ2) is 10.4. The number of carbonyl (C=O) groups is 4. The fraction of sp³-hybridized carbons (Fsp3) is 0.750. The van der Waals surface area contributed by atoms with Crippen LogP contribution >= 0.6 is 11.8 Å². The lowest BCUT2D eigenvalue weighted by Crippen LogP contribution is -2.52. The molecule has 3 N–H and O–H groups in total. The molecule has 10 heteroatoms. The summed E-state index contributed by atoms with van der Waals surface area (Å²) in [5.41, 5.74) is 0. The van der Waals surface area contributed by atoms with Crippen molar-refractivity contribution in [3.63, 3.8) is 0 Å². The molecule has 148 valence electrons. The van der Waals surface area contributed by atoms with Crippen molar-refractivity contribution in [1.82, 2.24) is 15.5 Å². The Morgan fingerprint density at radius 3 is 2.46 bits per heavy atom. The molecule has 0 saturated carbocycles. The van der Waals surface area contributed by atoms with Crippen molar-refractivity contribution in [3.05, 3.63) is 0 Å². The van der Waals surface area contributed by atoms with Gasteiger partial charge in [-0.25, -0.2) is 0 Å². The number of hydrogen-bond acceptors (Lipinski definition) is 7. The number of carbonyl (C=O) groups excluding carboxylic acids is 3. The summed E-state index contributed by atoms with van der Waals surface area (Å²) in [4.78, 5) is 48.7. The van der Waals surface area contributed by atoms with E-state index < -0.39 is 36.0 Å². The van der Waals surface area contributed by atoms with E-state index in [0.717, 1.165) is 0 Å². The second-order valence-corrected chi connectivity index (χ2v) is 7.36. The van der Waals surface area contributed by atoms with Crippen molar-refractivity contribution in [2.45, 2.75) is 38.4 Å². The Morgan fingerprint density at radius 1 is 1.31 bits per heavy atom. The highest BCUT2D eigenvalue weighted by Gasteiger charge is 2.48. The SMILES string of the molecule is COC(=O)CNC(=O)[C@@H](NC(=O)C1CN1C(CCSC)C(=O)O)C(C)C. The van der Waals surface area contributed by atoms with Gasteiger partial charge < -0.3 is 20.5 Å². The first-order valence-corrected chi connectivity index (χ1v) is 9.74. The Hall–Kier alpha value is -1.81. The van der Waals surface area contributed by atoms with E-state index >= 15 is 0 Å². The molecule has 1 heterocycles. The lowest BCUT2D eigenvalue weighted by atomic mass is 10.0. The first kappa shape index (κ1) is 22.2. The Labute approximate surface area is 157 Å². The minimum absolute atomic E-state index is 0.199. The van der Waals surface area contributed by atoms with Gasteiger partial charge in [0.25, 0.3) is 0 Å². The van der Waals surface area contributed by atoms with Gasteiger partial charge in [-0.05, 0) is 24.3 Å². The summed E-state index contributed by atoms with van der Waals surface area (Å²) in [6.45, 7) is 3.61. The highest BCUT2D eigenvalue weighted by molar-refractivity contribution is 7.98. The molecule has 26 heavy (non-hydrogen) atoms. The van der Waals surface area contributed by atoms with E-state index in [4.69, 9.17) is 0 Å². The van der Waals surface area contributed by atoms with Crippen LogP contribution in [-0.2, 0) is 23.9 Å². The molecule has 1 aliphatic rings. The topological polar surface area (TPSA) is 125 Å². The molecular weight excluding hydrogens is 362 g/mol. The maximum atomic E-state index is 12.4. The van der Waals surface area contributed by atoms with Gasteiger partial charge in [-0.15, -0.1) is 0 Å². The summed E-state index contributed by atoms with van der Waals surface area (Å²) in [5, 5.41) is 14.4. The average molecular weight is 389 g/mol. The van der Waals surface area contributed by atoms with Crippen LogP contribution in [0.2, 0.25) is 0 Å². The molecule has 4 atom stereocenters. The van der Waals surface area contributed by atoms with E-state index in [1.807, 2.05) is 6.26 Å². The molecule has 1 aliphatic heterocycles. The van der Waals surface area contributed by atoms with Gasteiger partial charge >= 0.3 is 11.9 Å². The number of aliphatic carboxylic acids is 1. The summed E-state index contributed by atoms with van der Waals surface area (Å²) in [6, 6.07) is -2.07. The van der Waals surface area contributed by atoms with E-state index in [1.54, 1.807) is 30.5 Å². The van der Waals surface area contributed by atoms with Crippen LogP contribution < -0.4 is 10.6 Å². The van der Waals surface area contributed by atoms with Crippen molar-refractivity contribution in [3.8, 4) is 0 Å². The molecule has 0 spiro atoms. The van der Waals surface area contributed by atoms with Crippen molar-refractivity contribution >= 4 is 35.5 Å². The number of amides is 2. The molecule has 2 amide bonds. The number of nitrogens with one attached hydrogen (secondary N) is 2. The van der Waals surface area contributed by atoms with E-state index in [-0.39, 0.29) is 18.4 Å². The Kier molecular flexibility index (Phi) is 8.86. The number of thioether (sulfide) groups is 1. The molecule has 0 bridgehead atoms. The molecule has 9 nitrogen and oxygen atoms in total. The number of esters is 1. The molecule has 3 unspecified atom stereocenters. The van der Waals surface area contributed by atoms with Gasteiger partial charge in [0.15, 0.2) is 0 Å². The fourth-order valence-corrected chi connectivity index (χ4v) is 2.98. The number of carboxylic acids is 1. The van der Waals surface area contributed by atoms with Gasteiger partial charge in [-0.3, -0.25) is 24.1 Å². The molecular formula is C16H27N3O6S. The van der Waals surface area contributed by atoms with Gasteiger partial charge in [-0.2, -0.15) is 11.8 Å². The minimum Gasteiger partial charge on any atom is -0.480 e. The van der Waals surface area contributed by atoms with Gasteiger partial charge in [-0.1, -0.05) is 13.8 Å². The third-order valence-corrected chi connectivity index (χ3v) is 4.76. The highest BCUT2D eigenvalue weighted by atomic mass is 32.2. The predicted octanol–water partition coefficient (Wildman–Crippen LogP) is -0.693. The molecule has 0 aromatic heterocycles. The van der Waals surface area contributed by atoms with Gasteiger partial charge in [0.2, 0.25) is 11.8 Å². The van der Waals surface area contributed by atoms with Crippen LogP contribution in [0.25, 0.3) is 0 Å². The largest absolute Gasteiger partial charge is 0.480 e. The maximum Gasteiger partial charge on any atom is 0.325 e. The van der Waals surface area contributed by atoms with Crippen LogP contribution in [0.1, 0.15) is 20.3 Å². The zero-order valence-corrected chi connectivity index (χ0v) is 16.3. The summed E-state index contributed by atoms with van der Waals surface area (Å²) in [6.07, 6.45) is 2.35. The quantitative estimate of drug-likeness (QED) is 0.313. The summed E-state index contributed by atoms with van der Waals surface area (Å²) < 4.78 is 4.46. The second-order valence-electron chi connectivity index (χ2n) is 6.37. The number of carboxylic acid groups (broad SMARTS) is 1. The highest BCUT2D eigenvalue weighted by Crippen LogP contribution is 2.25. The van der Waals surface area contributed by atoms with Crippen LogP contribution in [0.5, 0.6) is 0 Å². The lowest BCUT2D eigenvalue weighted by molar-refractivity contribution is -0.141. The number of hydrogen-bond donors (Lipinski definition) is 3. The van der Waals surface area contributed by atoms with E-state index in [1.165, 1.54) is 7.11 Å². The fourth-order valence-electron chi connectivity index (χ4n) is 2.52. The van der Waals surface area contributed by atoms with Gasteiger partial charge in [0, 0.05) is 6.54 Å². The molecule has 1 saturated heterocycles. The van der Waals surface area contributed by atoms with Gasteiger partial charge in [0.05, 0.1) is 7.11 Å². The lowest BCUT2D eigenvalue weighted by Gasteiger charge is -2.22. The monoisotopic (exact) mass is 389 g/mol. The molecule has 0 radical (unpaired) electrons. The van der Waals surface area contributed by atoms with Crippen LogP contribution in [0.3, 0.4) is 0 Å². The van der Waals surface area contributed by atoms with Crippen molar-refractivity contribution < 1.29 is 29.0 Å². The van der Waals surface area contributed by atoms with Crippen LogP contribution in [0, 0.1) is 5.92 Å². The smallest absolute Gasteiger partial charge is 0.325 e. The number of rotatable bonds is 11. The van der Waals surface area contributed by atoms with E-state index in [2.05, 4.69) is 15.4 Å². The molecule has 0 aromatic carbocycles. The Morgan fingerprint density at radius 2 is 1.96 bits per heavy atom. The van der Waals surface area contributed by atoms with E-state index in [9.17, 15) is 24.3 Å². The third-order valence-electron chi connectivity index (χ3n) is 4.12. The molecule has 1 fully saturated rings. The first-order chi connectivity index (χ1) is 12.2. The van der Waals surface area contributed by atoms with Crippen molar-refractivity contribution in [2.24, 2.45) is 5.92 Å². The predicted molar refractivity (Wildman–Crippen MR) is 96.7 cm³/mol. The number of methoxy groups -OCH3 is 1. The third kappa shape index (κ3) is 6.49. The zero-order valence-electron chi connectivity index (χ0n) is 15.5. The van der Waals surface area contributed by atoms with Crippen molar-refractivity contribution in [1.29, 1.82) is 0 Å². The van der Waals surface area contributed by atoms with Crippen LogP contribution in [-0.4, -0.2) is 84.1 Å². The van der Waals surface area contributed by atoms with E-state index in [0.29, 0.717) is 18.7 Å². The maximum absolute atomic E-state index is 12.4. The molecule has 1 rings (SSSR count). The van der Waals surface area contributed by atoms with Gasteiger partial charge in [0.1, 0.15) is 24.7 Å². The van der Waals surface area contributed by atoms with Crippen LogP contribution in [0.15, 0.2) is 0 Å². The first-order valence-electron chi connectivity index (χ1n) is 8.35. The zero-order chi connectivity index (χ0) is 19.9. The number of ether oxygens (including phenoxy) is 1. The normalized spacial score (nSPS) is 20.8. The van der Waals surface area contributed by atoms with Crippen LogP contribution in [0.4, 0.5) is 0 Å². The molecule has 0 aliphatic carbocycles. The average Bonchev–Trinajstić information content (AvgIpc) is 3.37. The summed E-state index contributed by atoms with van der Waals surface area (Å²) >= 11 is 1.55. The summed E-state index contributed by atoms with van der Waals surface area (Å²) in [5.74, 6) is -1.91. The van der Waals surface area contributed by atoms with Crippen molar-refractivity contribution in [2.75, 3.05) is 32.2 Å². The Balaban J connectivity index is 2.61. The molecule has 0 aromatic rings. The number of nitrogens with zero attached hydrogens (tertiary/aromatic N) is 1. The minimum atomic E-state index is -0.953. The Bertz CT molecular complexity index is 542.